The minimum atomic E-state index is -0.0539. The largest absolute Gasteiger partial charge is 0.497 e. The number of aromatic nitrogens is 3. The second-order valence-electron chi connectivity index (χ2n) is 4.24. The highest BCUT2D eigenvalue weighted by molar-refractivity contribution is 5.42. The van der Waals surface area contributed by atoms with E-state index >= 15 is 0 Å². The molecule has 0 radical (unpaired) electrons. The number of hydrogen-bond donors (Lipinski definition) is 1. The Morgan fingerprint density at radius 2 is 2.35 bits per heavy atom. The number of benzene rings is 1. The average Bonchev–Trinajstić information content (AvgIpc) is 2.97. The van der Waals surface area contributed by atoms with Gasteiger partial charge in [0, 0.05) is 0 Å². The number of methoxy groups -OCH3 is 1. The van der Waals surface area contributed by atoms with Crippen LogP contribution in [0.15, 0.2) is 30.9 Å². The molecule has 88 valence electrons. The molecule has 2 N–H and O–H groups in total. The molecule has 0 saturated carbocycles. The van der Waals surface area contributed by atoms with Crippen molar-refractivity contribution in [1.29, 1.82) is 0 Å². The standard InChI is InChI=1S/C12H14N4O/c1-17-9-3-2-8-4-11(12(13)10(8)5-9)16-7-14-6-15-16/h2-3,5-7,11-12H,4,13H2,1H3. The molecule has 1 aliphatic carbocycles. The van der Waals surface area contributed by atoms with Crippen molar-refractivity contribution < 1.29 is 4.74 Å². The molecule has 0 amide bonds. The Kier molecular flexibility index (Phi) is 2.33. The zero-order chi connectivity index (χ0) is 11.8. The zero-order valence-electron chi connectivity index (χ0n) is 9.58. The van der Waals surface area contributed by atoms with E-state index in [0.717, 1.165) is 17.7 Å². The lowest BCUT2D eigenvalue weighted by Gasteiger charge is -2.15. The van der Waals surface area contributed by atoms with Crippen molar-refractivity contribution in [2.24, 2.45) is 5.73 Å². The Morgan fingerprint density at radius 3 is 3.06 bits per heavy atom. The van der Waals surface area contributed by atoms with E-state index in [2.05, 4.69) is 16.1 Å². The summed E-state index contributed by atoms with van der Waals surface area (Å²) in [5.41, 5.74) is 8.67. The quantitative estimate of drug-likeness (QED) is 0.838. The molecule has 17 heavy (non-hydrogen) atoms. The lowest BCUT2D eigenvalue weighted by molar-refractivity contribution is 0.404. The molecule has 2 aromatic rings. The number of hydrogen-bond acceptors (Lipinski definition) is 4. The first kappa shape index (κ1) is 10.3. The minimum absolute atomic E-state index is 0.0539. The van der Waals surface area contributed by atoms with Crippen LogP contribution in [0.3, 0.4) is 0 Å². The number of fused-ring (bicyclic) bond motifs is 1. The van der Waals surface area contributed by atoms with Gasteiger partial charge in [-0.2, -0.15) is 5.10 Å². The highest BCUT2D eigenvalue weighted by atomic mass is 16.5. The molecule has 0 spiro atoms. The number of rotatable bonds is 2. The van der Waals surface area contributed by atoms with E-state index < -0.39 is 0 Å². The molecule has 0 aliphatic heterocycles. The maximum atomic E-state index is 6.26. The van der Waals surface area contributed by atoms with Crippen LogP contribution >= 0.6 is 0 Å². The van der Waals surface area contributed by atoms with Crippen molar-refractivity contribution >= 4 is 0 Å². The third-order valence-electron chi connectivity index (χ3n) is 3.33. The minimum Gasteiger partial charge on any atom is -0.497 e. The summed E-state index contributed by atoms with van der Waals surface area (Å²) < 4.78 is 7.05. The van der Waals surface area contributed by atoms with Crippen LogP contribution in [0.5, 0.6) is 5.75 Å². The zero-order valence-corrected chi connectivity index (χ0v) is 9.58. The first-order valence-corrected chi connectivity index (χ1v) is 5.56. The lowest BCUT2D eigenvalue weighted by atomic mass is 10.1. The molecule has 5 nitrogen and oxygen atoms in total. The van der Waals surface area contributed by atoms with E-state index in [1.165, 1.54) is 11.9 Å². The van der Waals surface area contributed by atoms with Crippen LogP contribution in [0, 0.1) is 0 Å². The van der Waals surface area contributed by atoms with Crippen molar-refractivity contribution in [3.63, 3.8) is 0 Å². The first-order chi connectivity index (χ1) is 8.29. The Bertz CT molecular complexity index is 523. The van der Waals surface area contributed by atoms with Crippen LogP contribution < -0.4 is 10.5 Å². The Balaban J connectivity index is 1.97. The summed E-state index contributed by atoms with van der Waals surface area (Å²) in [5, 5.41) is 4.17. The van der Waals surface area contributed by atoms with Crippen LogP contribution in [0.1, 0.15) is 23.2 Å². The van der Waals surface area contributed by atoms with Gasteiger partial charge in [-0.3, -0.25) is 0 Å². The molecule has 1 heterocycles. The summed E-state index contributed by atoms with van der Waals surface area (Å²) in [4.78, 5) is 3.97. The van der Waals surface area contributed by atoms with Gasteiger partial charge in [0.05, 0.1) is 19.2 Å². The van der Waals surface area contributed by atoms with Gasteiger partial charge in [0.15, 0.2) is 0 Å². The number of nitrogens with zero attached hydrogens (tertiary/aromatic N) is 3. The molecule has 1 aromatic carbocycles. The number of ether oxygens (including phenoxy) is 1. The highest BCUT2D eigenvalue weighted by Gasteiger charge is 2.31. The fourth-order valence-corrected chi connectivity index (χ4v) is 2.40. The van der Waals surface area contributed by atoms with Gasteiger partial charge < -0.3 is 10.5 Å². The topological polar surface area (TPSA) is 66.0 Å². The molecular formula is C12H14N4O. The second kappa shape index (κ2) is 3.85. The van der Waals surface area contributed by atoms with Crippen LogP contribution in [0.4, 0.5) is 0 Å². The fraction of sp³-hybridized carbons (Fsp3) is 0.333. The van der Waals surface area contributed by atoms with Gasteiger partial charge in [-0.25, -0.2) is 9.67 Å². The fourth-order valence-electron chi connectivity index (χ4n) is 2.40. The van der Waals surface area contributed by atoms with Crippen molar-refractivity contribution in [1.82, 2.24) is 14.8 Å². The molecule has 5 heteroatoms. The Hall–Kier alpha value is -1.88. The Labute approximate surface area is 99.2 Å². The summed E-state index contributed by atoms with van der Waals surface area (Å²) in [6.45, 7) is 0. The molecule has 0 fully saturated rings. The van der Waals surface area contributed by atoms with Crippen molar-refractivity contribution in [2.45, 2.75) is 18.5 Å². The maximum Gasteiger partial charge on any atom is 0.137 e. The molecule has 3 rings (SSSR count). The van der Waals surface area contributed by atoms with E-state index in [1.54, 1.807) is 13.4 Å². The van der Waals surface area contributed by atoms with E-state index in [9.17, 15) is 0 Å². The summed E-state index contributed by atoms with van der Waals surface area (Å²) >= 11 is 0. The van der Waals surface area contributed by atoms with Crippen LogP contribution in [0.25, 0.3) is 0 Å². The molecule has 2 atom stereocenters. The van der Waals surface area contributed by atoms with Gasteiger partial charge in [-0.05, 0) is 29.7 Å². The first-order valence-electron chi connectivity index (χ1n) is 5.56. The van der Waals surface area contributed by atoms with Gasteiger partial charge in [0.25, 0.3) is 0 Å². The van der Waals surface area contributed by atoms with Crippen molar-refractivity contribution in [2.75, 3.05) is 7.11 Å². The van der Waals surface area contributed by atoms with Crippen LogP contribution in [-0.4, -0.2) is 21.9 Å². The lowest BCUT2D eigenvalue weighted by Crippen LogP contribution is -2.21. The van der Waals surface area contributed by atoms with Gasteiger partial charge in [-0.15, -0.1) is 0 Å². The van der Waals surface area contributed by atoms with Crippen LogP contribution in [0.2, 0.25) is 0 Å². The third kappa shape index (κ3) is 1.59. The van der Waals surface area contributed by atoms with E-state index in [4.69, 9.17) is 10.5 Å². The smallest absolute Gasteiger partial charge is 0.137 e. The summed E-state index contributed by atoms with van der Waals surface area (Å²) in [6, 6.07) is 6.15. The van der Waals surface area contributed by atoms with Gasteiger partial charge in [-0.1, -0.05) is 6.07 Å². The normalized spacial score (nSPS) is 22.5. The highest BCUT2D eigenvalue weighted by Crippen LogP contribution is 2.38. The van der Waals surface area contributed by atoms with E-state index in [1.807, 2.05) is 16.8 Å². The SMILES string of the molecule is COc1ccc2c(c1)C(N)C(n1cncn1)C2. The average molecular weight is 230 g/mol. The predicted octanol–water partition coefficient (Wildman–Crippen LogP) is 1.08. The predicted molar refractivity (Wildman–Crippen MR) is 62.7 cm³/mol. The van der Waals surface area contributed by atoms with E-state index in [0.29, 0.717) is 0 Å². The summed E-state index contributed by atoms with van der Waals surface area (Å²) in [6.07, 6.45) is 4.15. The maximum absolute atomic E-state index is 6.26. The van der Waals surface area contributed by atoms with Gasteiger partial charge in [0.2, 0.25) is 0 Å². The van der Waals surface area contributed by atoms with Gasteiger partial charge in [0.1, 0.15) is 18.4 Å². The molecule has 2 unspecified atom stereocenters. The van der Waals surface area contributed by atoms with E-state index in [-0.39, 0.29) is 12.1 Å². The number of nitrogens with two attached hydrogens (primary N) is 1. The van der Waals surface area contributed by atoms with Crippen molar-refractivity contribution in [3.8, 4) is 5.75 Å². The molecule has 0 bridgehead atoms. The molecule has 1 aliphatic rings. The molecule has 0 saturated heterocycles. The van der Waals surface area contributed by atoms with Crippen molar-refractivity contribution in [3.05, 3.63) is 42.0 Å². The third-order valence-corrected chi connectivity index (χ3v) is 3.33. The molecular weight excluding hydrogens is 216 g/mol. The van der Waals surface area contributed by atoms with Gasteiger partial charge >= 0.3 is 0 Å². The monoisotopic (exact) mass is 230 g/mol. The van der Waals surface area contributed by atoms with Crippen LogP contribution in [-0.2, 0) is 6.42 Å². The summed E-state index contributed by atoms with van der Waals surface area (Å²) in [7, 11) is 1.66. The summed E-state index contributed by atoms with van der Waals surface area (Å²) in [5.74, 6) is 0.846. The second-order valence-corrected chi connectivity index (χ2v) is 4.24. The Morgan fingerprint density at radius 1 is 1.47 bits per heavy atom. The molecule has 1 aromatic heterocycles.